The number of hydrogen-bond acceptors (Lipinski definition) is 4. The Morgan fingerprint density at radius 1 is 0.821 bits per heavy atom. The quantitative estimate of drug-likeness (QED) is 0.587. The van der Waals surface area contributed by atoms with E-state index in [4.69, 9.17) is 0 Å². The van der Waals surface area contributed by atoms with Crippen molar-refractivity contribution in [2.75, 3.05) is 17.6 Å². The van der Waals surface area contributed by atoms with Gasteiger partial charge in [-0.25, -0.2) is 0 Å². The van der Waals surface area contributed by atoms with Gasteiger partial charge in [-0.3, -0.25) is 14.4 Å². The SMILES string of the molecule is CC(=O)SCC(=O)NCCCCCC(=O)Nc1ccc(-c2ccccc2)cc1. The van der Waals surface area contributed by atoms with Crippen LogP contribution in [-0.2, 0) is 14.4 Å². The summed E-state index contributed by atoms with van der Waals surface area (Å²) in [6.45, 7) is 2.01. The fraction of sp³-hybridized carbons (Fsp3) is 0.318. The summed E-state index contributed by atoms with van der Waals surface area (Å²) in [5.74, 6) is 0.0344. The van der Waals surface area contributed by atoms with E-state index in [0.29, 0.717) is 13.0 Å². The van der Waals surface area contributed by atoms with E-state index < -0.39 is 0 Å². The molecule has 0 saturated carbocycles. The van der Waals surface area contributed by atoms with Crippen LogP contribution in [0.4, 0.5) is 5.69 Å². The number of rotatable bonds is 10. The Morgan fingerprint density at radius 2 is 1.50 bits per heavy atom. The molecule has 0 fully saturated rings. The van der Waals surface area contributed by atoms with Crippen LogP contribution in [0.1, 0.15) is 32.6 Å². The van der Waals surface area contributed by atoms with Crippen LogP contribution >= 0.6 is 11.8 Å². The Morgan fingerprint density at radius 3 is 2.18 bits per heavy atom. The van der Waals surface area contributed by atoms with Crippen LogP contribution < -0.4 is 10.6 Å². The van der Waals surface area contributed by atoms with Gasteiger partial charge in [-0.05, 0) is 36.1 Å². The standard InChI is InChI=1S/C22H26N2O3S/c1-17(25)28-16-22(27)23-15-7-3-6-10-21(26)24-20-13-11-19(12-14-20)18-8-4-2-5-9-18/h2,4-5,8-9,11-14H,3,6-7,10,15-16H2,1H3,(H,23,27)(H,24,26). The van der Waals surface area contributed by atoms with Gasteiger partial charge in [-0.15, -0.1) is 0 Å². The van der Waals surface area contributed by atoms with Crippen molar-refractivity contribution in [1.29, 1.82) is 0 Å². The molecule has 0 aliphatic heterocycles. The molecule has 2 amide bonds. The van der Waals surface area contributed by atoms with Crippen molar-refractivity contribution in [2.45, 2.75) is 32.6 Å². The lowest BCUT2D eigenvalue weighted by Crippen LogP contribution is -2.26. The van der Waals surface area contributed by atoms with Crippen LogP contribution in [0.3, 0.4) is 0 Å². The predicted molar refractivity (Wildman–Crippen MR) is 115 cm³/mol. The number of carbonyl (C=O) groups excluding carboxylic acids is 3. The maximum absolute atomic E-state index is 12.0. The third-order valence-corrected chi connectivity index (χ3v) is 4.90. The molecule has 0 aromatic heterocycles. The van der Waals surface area contributed by atoms with Crippen LogP contribution in [0.5, 0.6) is 0 Å². The smallest absolute Gasteiger partial charge is 0.230 e. The molecule has 28 heavy (non-hydrogen) atoms. The summed E-state index contributed by atoms with van der Waals surface area (Å²) in [5.41, 5.74) is 3.05. The van der Waals surface area contributed by atoms with Crippen LogP contribution in [0, 0.1) is 0 Å². The van der Waals surface area contributed by atoms with Crippen LogP contribution in [0.15, 0.2) is 54.6 Å². The lowest BCUT2D eigenvalue weighted by Gasteiger charge is -2.07. The number of anilines is 1. The predicted octanol–water partition coefficient (Wildman–Crippen LogP) is 4.25. The van der Waals surface area contributed by atoms with Crippen molar-refractivity contribution < 1.29 is 14.4 Å². The molecule has 2 N–H and O–H groups in total. The lowest BCUT2D eigenvalue weighted by atomic mass is 10.1. The summed E-state index contributed by atoms with van der Waals surface area (Å²) in [5, 5.41) is 5.63. The minimum Gasteiger partial charge on any atom is -0.355 e. The topological polar surface area (TPSA) is 75.3 Å². The fourth-order valence-electron chi connectivity index (χ4n) is 2.63. The van der Waals surface area contributed by atoms with Gasteiger partial charge in [-0.2, -0.15) is 0 Å². The van der Waals surface area contributed by atoms with Gasteiger partial charge in [-0.1, -0.05) is 60.6 Å². The van der Waals surface area contributed by atoms with Crippen molar-refractivity contribution in [3.63, 3.8) is 0 Å². The summed E-state index contributed by atoms with van der Waals surface area (Å²) in [7, 11) is 0. The molecule has 0 bridgehead atoms. The van der Waals surface area contributed by atoms with Crippen LogP contribution in [0.25, 0.3) is 11.1 Å². The van der Waals surface area contributed by atoms with E-state index in [1.54, 1.807) is 0 Å². The number of hydrogen-bond donors (Lipinski definition) is 2. The summed E-state index contributed by atoms with van der Waals surface area (Å²) in [6, 6.07) is 17.9. The van der Waals surface area contributed by atoms with E-state index in [9.17, 15) is 14.4 Å². The molecule has 0 aliphatic carbocycles. The third kappa shape index (κ3) is 8.39. The molecule has 0 aliphatic rings. The van der Waals surface area contributed by atoms with Gasteiger partial charge in [0.25, 0.3) is 0 Å². The lowest BCUT2D eigenvalue weighted by molar-refractivity contribution is -0.119. The molecular formula is C22H26N2O3S. The first kappa shape index (κ1) is 21.7. The molecule has 6 heteroatoms. The molecule has 5 nitrogen and oxygen atoms in total. The van der Waals surface area contributed by atoms with Gasteiger partial charge in [0.1, 0.15) is 0 Å². The van der Waals surface area contributed by atoms with E-state index >= 15 is 0 Å². The average Bonchev–Trinajstić information content (AvgIpc) is 2.70. The largest absolute Gasteiger partial charge is 0.355 e. The highest BCUT2D eigenvalue weighted by atomic mass is 32.2. The van der Waals surface area contributed by atoms with E-state index in [1.165, 1.54) is 6.92 Å². The van der Waals surface area contributed by atoms with E-state index in [0.717, 1.165) is 47.8 Å². The van der Waals surface area contributed by atoms with E-state index in [1.807, 2.05) is 42.5 Å². The van der Waals surface area contributed by atoms with Crippen molar-refractivity contribution in [3.8, 4) is 11.1 Å². The van der Waals surface area contributed by atoms with E-state index in [2.05, 4.69) is 22.8 Å². The molecule has 148 valence electrons. The number of amides is 2. The zero-order valence-electron chi connectivity index (χ0n) is 16.1. The molecule has 0 spiro atoms. The first-order valence-electron chi connectivity index (χ1n) is 9.40. The maximum atomic E-state index is 12.0. The van der Waals surface area contributed by atoms with Gasteiger partial charge in [0, 0.05) is 25.6 Å². The normalized spacial score (nSPS) is 10.3. The second-order valence-corrected chi connectivity index (χ2v) is 7.58. The first-order valence-corrected chi connectivity index (χ1v) is 10.4. The molecule has 2 aromatic carbocycles. The fourth-order valence-corrected chi connectivity index (χ4v) is 3.07. The molecule has 0 unspecified atom stereocenters. The molecule has 2 aromatic rings. The summed E-state index contributed by atoms with van der Waals surface area (Å²) in [4.78, 5) is 34.3. The van der Waals surface area contributed by atoms with Crippen LogP contribution in [0.2, 0.25) is 0 Å². The first-order chi connectivity index (χ1) is 13.5. The maximum Gasteiger partial charge on any atom is 0.230 e. The Bertz CT molecular complexity index is 776. The van der Waals surface area contributed by atoms with Crippen molar-refractivity contribution >= 4 is 34.4 Å². The van der Waals surface area contributed by atoms with Crippen molar-refractivity contribution in [3.05, 3.63) is 54.6 Å². The molecule has 0 radical (unpaired) electrons. The third-order valence-electron chi connectivity index (χ3n) is 4.09. The second kappa shape index (κ2) is 12.0. The minimum absolute atomic E-state index is 0.00523. The highest BCUT2D eigenvalue weighted by Crippen LogP contribution is 2.21. The summed E-state index contributed by atoms with van der Waals surface area (Å²) >= 11 is 1.01. The second-order valence-electron chi connectivity index (χ2n) is 6.43. The zero-order valence-corrected chi connectivity index (χ0v) is 16.9. The highest BCUT2D eigenvalue weighted by Gasteiger charge is 2.05. The number of unbranched alkanes of at least 4 members (excludes halogenated alkanes) is 2. The monoisotopic (exact) mass is 398 g/mol. The molecule has 0 heterocycles. The van der Waals surface area contributed by atoms with Crippen molar-refractivity contribution in [1.82, 2.24) is 5.32 Å². The van der Waals surface area contributed by atoms with Gasteiger partial charge in [0.2, 0.25) is 11.8 Å². The van der Waals surface area contributed by atoms with Gasteiger partial charge in [0.05, 0.1) is 5.75 Å². The average molecular weight is 399 g/mol. The molecular weight excluding hydrogens is 372 g/mol. The number of thioether (sulfide) groups is 1. The van der Waals surface area contributed by atoms with Gasteiger partial charge < -0.3 is 10.6 Å². The van der Waals surface area contributed by atoms with Gasteiger partial charge >= 0.3 is 0 Å². The van der Waals surface area contributed by atoms with E-state index in [-0.39, 0.29) is 22.7 Å². The number of carbonyl (C=O) groups is 3. The molecule has 0 saturated heterocycles. The molecule has 2 rings (SSSR count). The summed E-state index contributed by atoms with van der Waals surface area (Å²) in [6.07, 6.45) is 2.90. The summed E-state index contributed by atoms with van der Waals surface area (Å²) < 4.78 is 0. The number of nitrogens with one attached hydrogen (secondary N) is 2. The van der Waals surface area contributed by atoms with Gasteiger partial charge in [0.15, 0.2) is 5.12 Å². The highest BCUT2D eigenvalue weighted by molar-refractivity contribution is 8.14. The number of benzene rings is 2. The van der Waals surface area contributed by atoms with Crippen molar-refractivity contribution in [2.24, 2.45) is 0 Å². The Balaban J connectivity index is 1.60. The molecule has 0 atom stereocenters. The Labute approximate surface area is 170 Å². The minimum atomic E-state index is -0.128. The Hall–Kier alpha value is -2.60. The van der Waals surface area contributed by atoms with Crippen LogP contribution in [-0.4, -0.2) is 29.2 Å². The Kier molecular flexibility index (Phi) is 9.28. The zero-order chi connectivity index (χ0) is 20.2.